The number of nitriles is 1. The van der Waals surface area contributed by atoms with Crippen LogP contribution in [0.5, 0.6) is 0 Å². The molecule has 1 aliphatic heterocycles. The Hall–Kier alpha value is -2.16. The van der Waals surface area contributed by atoms with Gasteiger partial charge in [-0.15, -0.1) is 0 Å². The number of nitrogens with one attached hydrogen (secondary N) is 2. The lowest BCUT2D eigenvalue weighted by molar-refractivity contribution is 0.117. The van der Waals surface area contributed by atoms with Gasteiger partial charge in [0, 0.05) is 19.2 Å². The van der Waals surface area contributed by atoms with E-state index in [0.717, 1.165) is 30.0 Å². The van der Waals surface area contributed by atoms with Crippen molar-refractivity contribution < 1.29 is 4.74 Å². The molecule has 1 aromatic heterocycles. The molecule has 2 heterocycles. The summed E-state index contributed by atoms with van der Waals surface area (Å²) in [6, 6.07) is 9.85. The van der Waals surface area contributed by atoms with Gasteiger partial charge in [0.2, 0.25) is 0 Å². The molecule has 1 fully saturated rings. The van der Waals surface area contributed by atoms with Gasteiger partial charge in [-0.05, 0) is 18.6 Å². The maximum atomic E-state index is 8.94. The van der Waals surface area contributed by atoms with Gasteiger partial charge in [0.1, 0.15) is 5.82 Å². The van der Waals surface area contributed by atoms with Crippen LogP contribution < -0.4 is 5.32 Å². The zero-order valence-electron chi connectivity index (χ0n) is 11.3. The summed E-state index contributed by atoms with van der Waals surface area (Å²) in [5.74, 6) is 0.918. The second-order valence-corrected chi connectivity index (χ2v) is 4.93. The highest BCUT2D eigenvalue weighted by atomic mass is 16.5. The van der Waals surface area contributed by atoms with Crippen LogP contribution in [0, 0.1) is 11.3 Å². The number of nitrogens with zero attached hydrogens (tertiary/aromatic N) is 2. The number of benzene rings is 1. The van der Waals surface area contributed by atoms with Crippen molar-refractivity contribution in [3.63, 3.8) is 0 Å². The van der Waals surface area contributed by atoms with Crippen molar-refractivity contribution in [3.05, 3.63) is 41.9 Å². The Kier molecular flexibility index (Phi) is 3.50. The van der Waals surface area contributed by atoms with E-state index in [1.165, 1.54) is 0 Å². The van der Waals surface area contributed by atoms with E-state index >= 15 is 0 Å². The Balaban J connectivity index is 1.82. The lowest BCUT2D eigenvalue weighted by Gasteiger charge is -2.06. The molecule has 5 heteroatoms. The minimum atomic E-state index is 0.202. The standard InChI is InChI=1S/C15H16N4O/c1-20-12-6-13(17-8-12)15-18-9-14(19-15)11-4-2-3-10(5-11)7-16/h2-5,9,12-13,17H,6,8H2,1H3,(H,18,19). The first-order chi connectivity index (χ1) is 9.80. The Labute approximate surface area is 117 Å². The molecule has 1 aliphatic rings. The van der Waals surface area contributed by atoms with Gasteiger partial charge < -0.3 is 15.0 Å². The Morgan fingerprint density at radius 3 is 3.10 bits per heavy atom. The number of ether oxygens (including phenoxy) is 1. The first-order valence-electron chi connectivity index (χ1n) is 6.62. The summed E-state index contributed by atoms with van der Waals surface area (Å²) in [6.45, 7) is 0.848. The Bertz CT molecular complexity index is 643. The van der Waals surface area contributed by atoms with E-state index in [0.29, 0.717) is 5.56 Å². The van der Waals surface area contributed by atoms with Crippen molar-refractivity contribution in [1.29, 1.82) is 5.26 Å². The topological polar surface area (TPSA) is 73.7 Å². The number of imidazole rings is 1. The molecule has 2 aromatic rings. The molecule has 1 aromatic carbocycles. The molecule has 0 spiro atoms. The Morgan fingerprint density at radius 2 is 2.35 bits per heavy atom. The summed E-state index contributed by atoms with van der Waals surface area (Å²) in [6.07, 6.45) is 2.98. The van der Waals surface area contributed by atoms with Crippen LogP contribution in [0.3, 0.4) is 0 Å². The third-order valence-corrected chi connectivity index (χ3v) is 3.65. The van der Waals surface area contributed by atoms with Crippen molar-refractivity contribution in [2.45, 2.75) is 18.6 Å². The quantitative estimate of drug-likeness (QED) is 0.893. The zero-order chi connectivity index (χ0) is 13.9. The fraction of sp³-hybridized carbons (Fsp3) is 0.333. The molecule has 2 atom stereocenters. The Morgan fingerprint density at radius 1 is 1.45 bits per heavy atom. The van der Waals surface area contributed by atoms with Gasteiger partial charge in [-0.25, -0.2) is 4.98 Å². The van der Waals surface area contributed by atoms with Crippen LogP contribution in [-0.4, -0.2) is 29.7 Å². The van der Waals surface area contributed by atoms with Crippen molar-refractivity contribution >= 4 is 0 Å². The maximum absolute atomic E-state index is 8.94. The fourth-order valence-corrected chi connectivity index (χ4v) is 2.51. The van der Waals surface area contributed by atoms with Crippen molar-refractivity contribution in [2.75, 3.05) is 13.7 Å². The average molecular weight is 268 g/mol. The van der Waals surface area contributed by atoms with Crippen LogP contribution in [0.25, 0.3) is 11.3 Å². The molecule has 0 aliphatic carbocycles. The van der Waals surface area contributed by atoms with Crippen molar-refractivity contribution in [2.24, 2.45) is 0 Å². The third kappa shape index (κ3) is 2.44. The molecule has 5 nitrogen and oxygen atoms in total. The van der Waals surface area contributed by atoms with E-state index in [4.69, 9.17) is 10.00 Å². The fourth-order valence-electron chi connectivity index (χ4n) is 2.51. The second kappa shape index (κ2) is 5.45. The van der Waals surface area contributed by atoms with Gasteiger partial charge in [0.25, 0.3) is 0 Å². The maximum Gasteiger partial charge on any atom is 0.123 e. The average Bonchev–Trinajstić information content (AvgIpc) is 3.15. The number of H-pyrrole nitrogens is 1. The number of rotatable bonds is 3. The van der Waals surface area contributed by atoms with Gasteiger partial charge in [0.15, 0.2) is 0 Å². The number of hydrogen-bond acceptors (Lipinski definition) is 4. The smallest absolute Gasteiger partial charge is 0.123 e. The molecule has 20 heavy (non-hydrogen) atoms. The zero-order valence-corrected chi connectivity index (χ0v) is 11.3. The van der Waals surface area contributed by atoms with Crippen LogP contribution in [0.1, 0.15) is 23.9 Å². The minimum absolute atomic E-state index is 0.202. The normalized spacial score (nSPS) is 21.8. The lowest BCUT2D eigenvalue weighted by atomic mass is 10.1. The monoisotopic (exact) mass is 268 g/mol. The van der Waals surface area contributed by atoms with Gasteiger partial charge in [0.05, 0.1) is 35.7 Å². The predicted molar refractivity (Wildman–Crippen MR) is 74.9 cm³/mol. The van der Waals surface area contributed by atoms with Gasteiger partial charge in [-0.2, -0.15) is 5.26 Å². The summed E-state index contributed by atoms with van der Waals surface area (Å²) in [7, 11) is 1.73. The van der Waals surface area contributed by atoms with E-state index in [2.05, 4.69) is 21.4 Å². The number of aromatic amines is 1. The van der Waals surface area contributed by atoms with Crippen LogP contribution in [0.2, 0.25) is 0 Å². The first-order valence-corrected chi connectivity index (χ1v) is 6.62. The highest BCUT2D eigenvalue weighted by Gasteiger charge is 2.27. The molecule has 2 N–H and O–H groups in total. The highest BCUT2D eigenvalue weighted by molar-refractivity contribution is 5.60. The highest BCUT2D eigenvalue weighted by Crippen LogP contribution is 2.25. The molecule has 102 valence electrons. The van der Waals surface area contributed by atoms with Crippen LogP contribution >= 0.6 is 0 Å². The molecule has 0 bridgehead atoms. The summed E-state index contributed by atoms with van der Waals surface area (Å²) >= 11 is 0. The van der Waals surface area contributed by atoms with E-state index in [-0.39, 0.29) is 12.1 Å². The largest absolute Gasteiger partial charge is 0.380 e. The molecular formula is C15H16N4O. The number of aromatic nitrogens is 2. The van der Waals surface area contributed by atoms with Crippen LogP contribution in [-0.2, 0) is 4.74 Å². The van der Waals surface area contributed by atoms with E-state index in [9.17, 15) is 0 Å². The SMILES string of the molecule is COC1CNC(c2ncc(-c3cccc(C#N)c3)[nH]2)C1. The summed E-state index contributed by atoms with van der Waals surface area (Å²) in [5, 5.41) is 12.3. The van der Waals surface area contributed by atoms with Gasteiger partial charge in [-0.3, -0.25) is 0 Å². The molecule has 0 saturated carbocycles. The molecular weight excluding hydrogens is 252 g/mol. The second-order valence-electron chi connectivity index (χ2n) is 4.93. The molecule has 0 radical (unpaired) electrons. The first kappa shape index (κ1) is 12.9. The molecule has 1 saturated heterocycles. The van der Waals surface area contributed by atoms with Gasteiger partial charge in [-0.1, -0.05) is 12.1 Å². The third-order valence-electron chi connectivity index (χ3n) is 3.65. The summed E-state index contributed by atoms with van der Waals surface area (Å²) in [5.41, 5.74) is 2.56. The minimum Gasteiger partial charge on any atom is -0.380 e. The van der Waals surface area contributed by atoms with Crippen LogP contribution in [0.15, 0.2) is 30.5 Å². The van der Waals surface area contributed by atoms with E-state index in [1.807, 2.05) is 24.4 Å². The number of methoxy groups -OCH3 is 1. The van der Waals surface area contributed by atoms with E-state index in [1.54, 1.807) is 13.2 Å². The number of hydrogen-bond donors (Lipinski definition) is 2. The van der Waals surface area contributed by atoms with Crippen LogP contribution in [0.4, 0.5) is 0 Å². The van der Waals surface area contributed by atoms with Crippen molar-refractivity contribution in [3.8, 4) is 17.3 Å². The van der Waals surface area contributed by atoms with Crippen molar-refractivity contribution in [1.82, 2.24) is 15.3 Å². The van der Waals surface area contributed by atoms with E-state index < -0.39 is 0 Å². The van der Waals surface area contributed by atoms with Gasteiger partial charge >= 0.3 is 0 Å². The summed E-state index contributed by atoms with van der Waals surface area (Å²) in [4.78, 5) is 7.77. The summed E-state index contributed by atoms with van der Waals surface area (Å²) < 4.78 is 5.34. The molecule has 3 rings (SSSR count). The molecule has 2 unspecified atom stereocenters. The molecule has 0 amide bonds. The lowest BCUT2D eigenvalue weighted by Crippen LogP contribution is -2.16. The predicted octanol–water partition coefficient (Wildman–Crippen LogP) is 2.00.